The summed E-state index contributed by atoms with van der Waals surface area (Å²) >= 11 is 0. The molecule has 1 N–H and O–H groups in total. The third-order valence-electron chi connectivity index (χ3n) is 3.62. The SMILES string of the molecule is COC(=O)c1cc2c(OC(C)C)cc(OCC3CC3)cc2[nH]1. The van der Waals surface area contributed by atoms with Gasteiger partial charge in [-0.1, -0.05) is 0 Å². The number of fused-ring (bicyclic) bond motifs is 1. The molecule has 0 unspecified atom stereocenters. The fourth-order valence-electron chi connectivity index (χ4n) is 2.33. The number of hydrogen-bond acceptors (Lipinski definition) is 4. The molecule has 1 saturated carbocycles. The maximum Gasteiger partial charge on any atom is 0.354 e. The van der Waals surface area contributed by atoms with E-state index in [1.165, 1.54) is 20.0 Å². The predicted molar refractivity (Wildman–Crippen MR) is 83.6 cm³/mol. The maximum atomic E-state index is 11.7. The van der Waals surface area contributed by atoms with Gasteiger partial charge < -0.3 is 19.2 Å². The van der Waals surface area contributed by atoms with Crippen LogP contribution in [0.2, 0.25) is 0 Å². The lowest BCUT2D eigenvalue weighted by Crippen LogP contribution is -2.06. The van der Waals surface area contributed by atoms with E-state index in [1.807, 2.05) is 26.0 Å². The first-order chi connectivity index (χ1) is 10.6. The number of benzene rings is 1. The Hall–Kier alpha value is -2.17. The maximum absolute atomic E-state index is 11.7. The molecule has 0 aliphatic heterocycles. The first-order valence-corrected chi connectivity index (χ1v) is 7.61. The summed E-state index contributed by atoms with van der Waals surface area (Å²) in [5.41, 5.74) is 1.22. The van der Waals surface area contributed by atoms with E-state index in [9.17, 15) is 4.79 Å². The Morgan fingerprint density at radius 3 is 2.73 bits per heavy atom. The molecule has 5 heteroatoms. The summed E-state index contributed by atoms with van der Waals surface area (Å²) in [6.07, 6.45) is 2.53. The van der Waals surface area contributed by atoms with Crippen molar-refractivity contribution in [2.24, 2.45) is 5.92 Å². The van der Waals surface area contributed by atoms with Crippen LogP contribution in [0.1, 0.15) is 37.2 Å². The minimum atomic E-state index is -0.396. The number of nitrogens with one attached hydrogen (secondary N) is 1. The fourth-order valence-corrected chi connectivity index (χ4v) is 2.33. The number of esters is 1. The first-order valence-electron chi connectivity index (χ1n) is 7.61. The highest BCUT2D eigenvalue weighted by Gasteiger charge is 2.22. The predicted octanol–water partition coefficient (Wildman–Crippen LogP) is 3.53. The number of aromatic amines is 1. The summed E-state index contributed by atoms with van der Waals surface area (Å²) in [5.74, 6) is 1.75. The Balaban J connectivity index is 1.96. The molecular weight excluding hydrogens is 282 g/mol. The van der Waals surface area contributed by atoms with Crippen LogP contribution in [0, 0.1) is 5.92 Å². The van der Waals surface area contributed by atoms with E-state index in [0.717, 1.165) is 23.3 Å². The van der Waals surface area contributed by atoms with Gasteiger partial charge in [-0.05, 0) is 38.7 Å². The van der Waals surface area contributed by atoms with Crippen molar-refractivity contribution in [2.75, 3.05) is 13.7 Å². The van der Waals surface area contributed by atoms with Crippen LogP contribution in [0.5, 0.6) is 11.5 Å². The Kier molecular flexibility index (Phi) is 3.96. The molecule has 0 amide bonds. The summed E-state index contributed by atoms with van der Waals surface area (Å²) in [5, 5.41) is 0.855. The number of ether oxygens (including phenoxy) is 3. The van der Waals surface area contributed by atoms with Crippen LogP contribution >= 0.6 is 0 Å². The molecule has 1 aliphatic rings. The Morgan fingerprint density at radius 1 is 1.32 bits per heavy atom. The van der Waals surface area contributed by atoms with Crippen LogP contribution in [0.15, 0.2) is 18.2 Å². The Morgan fingerprint density at radius 2 is 2.09 bits per heavy atom. The van der Waals surface area contributed by atoms with E-state index in [-0.39, 0.29) is 6.10 Å². The molecule has 1 aromatic carbocycles. The minimum absolute atomic E-state index is 0.0401. The van der Waals surface area contributed by atoms with Crippen molar-refractivity contribution >= 4 is 16.9 Å². The van der Waals surface area contributed by atoms with Crippen molar-refractivity contribution in [3.8, 4) is 11.5 Å². The van der Waals surface area contributed by atoms with Gasteiger partial charge in [0.2, 0.25) is 0 Å². The number of carbonyl (C=O) groups excluding carboxylic acids is 1. The second-order valence-electron chi connectivity index (χ2n) is 5.98. The van der Waals surface area contributed by atoms with Crippen LogP contribution < -0.4 is 9.47 Å². The van der Waals surface area contributed by atoms with Crippen LogP contribution in [0.25, 0.3) is 10.9 Å². The Labute approximate surface area is 129 Å². The van der Waals surface area contributed by atoms with Crippen molar-refractivity contribution in [1.82, 2.24) is 4.98 Å². The first kappa shape index (κ1) is 14.8. The quantitative estimate of drug-likeness (QED) is 0.829. The Bertz CT molecular complexity index is 685. The minimum Gasteiger partial charge on any atom is -0.493 e. The average Bonchev–Trinajstić information content (AvgIpc) is 3.21. The monoisotopic (exact) mass is 303 g/mol. The van der Waals surface area contributed by atoms with Gasteiger partial charge in [-0.15, -0.1) is 0 Å². The molecule has 0 spiro atoms. The standard InChI is InChI=1S/C17H21NO4/c1-10(2)22-16-7-12(21-9-11-4-5-11)6-14-13(16)8-15(18-14)17(19)20-3/h6-8,10-11,18H,4-5,9H2,1-3H3. The molecule has 0 bridgehead atoms. The number of methoxy groups -OCH3 is 1. The van der Waals surface area contributed by atoms with Gasteiger partial charge in [-0.25, -0.2) is 4.79 Å². The van der Waals surface area contributed by atoms with Gasteiger partial charge in [0, 0.05) is 17.5 Å². The molecule has 1 heterocycles. The molecule has 2 aromatic rings. The van der Waals surface area contributed by atoms with E-state index in [2.05, 4.69) is 4.98 Å². The van der Waals surface area contributed by atoms with Crippen LogP contribution in [0.3, 0.4) is 0 Å². The second kappa shape index (κ2) is 5.91. The van der Waals surface area contributed by atoms with Crippen molar-refractivity contribution in [3.05, 3.63) is 23.9 Å². The van der Waals surface area contributed by atoms with Crippen LogP contribution in [-0.4, -0.2) is 30.8 Å². The van der Waals surface area contributed by atoms with Crippen molar-refractivity contribution in [2.45, 2.75) is 32.8 Å². The highest BCUT2D eigenvalue weighted by Crippen LogP contribution is 2.34. The van der Waals surface area contributed by atoms with Gasteiger partial charge in [-0.2, -0.15) is 0 Å². The molecule has 3 rings (SSSR count). The molecule has 0 radical (unpaired) electrons. The lowest BCUT2D eigenvalue weighted by atomic mass is 10.2. The zero-order valence-electron chi connectivity index (χ0n) is 13.1. The normalized spacial score (nSPS) is 14.4. The van der Waals surface area contributed by atoms with Gasteiger partial charge in [0.05, 0.1) is 25.3 Å². The fraction of sp³-hybridized carbons (Fsp3) is 0.471. The lowest BCUT2D eigenvalue weighted by molar-refractivity contribution is 0.0595. The zero-order valence-corrected chi connectivity index (χ0v) is 13.1. The highest BCUT2D eigenvalue weighted by atomic mass is 16.5. The number of aromatic nitrogens is 1. The number of carbonyl (C=O) groups is 1. The zero-order chi connectivity index (χ0) is 15.7. The third-order valence-corrected chi connectivity index (χ3v) is 3.62. The number of H-pyrrole nitrogens is 1. The van der Waals surface area contributed by atoms with Crippen molar-refractivity contribution in [1.29, 1.82) is 0 Å². The van der Waals surface area contributed by atoms with Crippen molar-refractivity contribution < 1.29 is 19.0 Å². The third kappa shape index (κ3) is 3.18. The molecule has 0 saturated heterocycles. The van der Waals surface area contributed by atoms with Gasteiger partial charge in [0.1, 0.15) is 17.2 Å². The molecule has 1 aromatic heterocycles. The largest absolute Gasteiger partial charge is 0.493 e. The van der Waals surface area contributed by atoms with Gasteiger partial charge in [0.15, 0.2) is 0 Å². The molecule has 5 nitrogen and oxygen atoms in total. The number of hydrogen-bond donors (Lipinski definition) is 1. The lowest BCUT2D eigenvalue weighted by Gasteiger charge is -2.13. The van der Waals surface area contributed by atoms with E-state index in [0.29, 0.717) is 17.4 Å². The van der Waals surface area contributed by atoms with Crippen molar-refractivity contribution in [3.63, 3.8) is 0 Å². The highest BCUT2D eigenvalue weighted by molar-refractivity contribution is 5.97. The van der Waals surface area contributed by atoms with E-state index in [1.54, 1.807) is 6.07 Å². The molecular formula is C17H21NO4. The molecule has 0 atom stereocenters. The van der Waals surface area contributed by atoms with Gasteiger partial charge in [0.25, 0.3) is 0 Å². The molecule has 1 aliphatic carbocycles. The summed E-state index contributed by atoms with van der Waals surface area (Å²) in [7, 11) is 1.36. The second-order valence-corrected chi connectivity index (χ2v) is 5.98. The van der Waals surface area contributed by atoms with Gasteiger partial charge in [-0.3, -0.25) is 0 Å². The summed E-state index contributed by atoms with van der Waals surface area (Å²) in [4.78, 5) is 14.8. The van der Waals surface area contributed by atoms with E-state index >= 15 is 0 Å². The van der Waals surface area contributed by atoms with Crippen LogP contribution in [-0.2, 0) is 4.74 Å². The van der Waals surface area contributed by atoms with Gasteiger partial charge >= 0.3 is 5.97 Å². The van der Waals surface area contributed by atoms with E-state index in [4.69, 9.17) is 14.2 Å². The summed E-state index contributed by atoms with van der Waals surface area (Å²) < 4.78 is 16.5. The topological polar surface area (TPSA) is 60.6 Å². The molecule has 118 valence electrons. The van der Waals surface area contributed by atoms with Crippen LogP contribution in [0.4, 0.5) is 0 Å². The average molecular weight is 303 g/mol. The smallest absolute Gasteiger partial charge is 0.354 e. The van der Waals surface area contributed by atoms with E-state index < -0.39 is 5.97 Å². The summed E-state index contributed by atoms with van der Waals surface area (Å²) in [6, 6.07) is 5.54. The molecule has 22 heavy (non-hydrogen) atoms. The summed E-state index contributed by atoms with van der Waals surface area (Å²) in [6.45, 7) is 4.67. The number of rotatable bonds is 6. The molecule has 1 fully saturated rings.